The molecule has 0 aliphatic rings. The zero-order valence-corrected chi connectivity index (χ0v) is 12.2. The molecule has 1 heterocycles. The molecule has 0 unspecified atom stereocenters. The van der Waals surface area contributed by atoms with Crippen molar-refractivity contribution in [2.24, 2.45) is 0 Å². The molecule has 0 aliphatic heterocycles. The molecule has 19 heavy (non-hydrogen) atoms. The van der Waals surface area contributed by atoms with Crippen molar-refractivity contribution in [3.05, 3.63) is 50.6 Å². The van der Waals surface area contributed by atoms with Gasteiger partial charge >= 0.3 is 0 Å². The second-order valence-corrected chi connectivity index (χ2v) is 5.94. The third-order valence-corrected chi connectivity index (χ3v) is 3.79. The number of benzene rings is 1. The summed E-state index contributed by atoms with van der Waals surface area (Å²) < 4.78 is 6.35. The number of nitrogens with one attached hydrogen (secondary N) is 1. The van der Waals surface area contributed by atoms with Crippen molar-refractivity contribution < 1.29 is 9.53 Å². The van der Waals surface area contributed by atoms with Crippen molar-refractivity contribution in [1.82, 2.24) is 5.32 Å². The van der Waals surface area contributed by atoms with E-state index in [1.807, 2.05) is 30.3 Å². The van der Waals surface area contributed by atoms with E-state index in [-0.39, 0.29) is 5.91 Å². The van der Waals surface area contributed by atoms with E-state index in [4.69, 9.17) is 27.9 Å². The fraction of sp³-hybridized carbons (Fsp3) is 0.154. The van der Waals surface area contributed by atoms with Gasteiger partial charge in [-0.2, -0.15) is 0 Å². The summed E-state index contributed by atoms with van der Waals surface area (Å²) in [4.78, 5) is 11.8. The number of para-hydroxylation sites is 1. The van der Waals surface area contributed by atoms with E-state index in [0.29, 0.717) is 27.4 Å². The van der Waals surface area contributed by atoms with Gasteiger partial charge in [-0.25, -0.2) is 0 Å². The van der Waals surface area contributed by atoms with Gasteiger partial charge in [0.25, 0.3) is 5.91 Å². The van der Waals surface area contributed by atoms with Gasteiger partial charge in [0.2, 0.25) is 0 Å². The van der Waals surface area contributed by atoms with Crippen LogP contribution in [0, 0.1) is 0 Å². The van der Waals surface area contributed by atoms with Gasteiger partial charge in [0.1, 0.15) is 16.7 Å². The fourth-order valence-electron chi connectivity index (χ4n) is 1.44. The van der Waals surface area contributed by atoms with Crippen LogP contribution in [-0.4, -0.2) is 19.1 Å². The number of rotatable bonds is 5. The number of hydrogen-bond donors (Lipinski definition) is 1. The molecule has 1 aromatic carbocycles. The summed E-state index contributed by atoms with van der Waals surface area (Å²) in [6.45, 7) is 0.794. The minimum atomic E-state index is -0.246. The Morgan fingerprint density at radius 2 is 2.00 bits per heavy atom. The second kappa shape index (κ2) is 6.80. The molecule has 0 fully saturated rings. The van der Waals surface area contributed by atoms with E-state index in [2.05, 4.69) is 5.32 Å². The van der Waals surface area contributed by atoms with E-state index in [1.54, 1.807) is 6.07 Å². The van der Waals surface area contributed by atoms with Gasteiger partial charge < -0.3 is 10.1 Å². The summed E-state index contributed by atoms with van der Waals surface area (Å²) in [7, 11) is 0. The van der Waals surface area contributed by atoms with Crippen LogP contribution in [0.25, 0.3) is 0 Å². The molecule has 6 heteroatoms. The second-order valence-electron chi connectivity index (χ2n) is 3.66. The summed E-state index contributed by atoms with van der Waals surface area (Å²) in [5.41, 5.74) is 0.399. The van der Waals surface area contributed by atoms with Gasteiger partial charge in [-0.3, -0.25) is 4.79 Å². The number of carbonyl (C=O) groups is 1. The molecule has 2 rings (SSSR count). The van der Waals surface area contributed by atoms with Crippen molar-refractivity contribution in [3.8, 4) is 5.75 Å². The van der Waals surface area contributed by atoms with Gasteiger partial charge in [0.05, 0.1) is 16.4 Å². The molecule has 0 bridgehead atoms. The average molecular weight is 316 g/mol. The smallest absolute Gasteiger partial charge is 0.253 e. The lowest BCUT2D eigenvalue weighted by atomic mass is 10.3. The summed E-state index contributed by atoms with van der Waals surface area (Å²) >= 11 is 12.8. The zero-order valence-electron chi connectivity index (χ0n) is 9.86. The lowest BCUT2D eigenvalue weighted by molar-refractivity contribution is 0.0947. The fourth-order valence-corrected chi connectivity index (χ4v) is 2.90. The third-order valence-electron chi connectivity index (χ3n) is 2.30. The Labute approximate surface area is 125 Å². The predicted octanol–water partition coefficient (Wildman–Crippen LogP) is 3.86. The molecule has 0 saturated heterocycles. The minimum absolute atomic E-state index is 0.246. The third kappa shape index (κ3) is 4.13. The van der Waals surface area contributed by atoms with E-state index in [0.717, 1.165) is 5.75 Å². The lowest BCUT2D eigenvalue weighted by Crippen LogP contribution is -2.27. The molecule has 3 nitrogen and oxygen atoms in total. The predicted molar refractivity (Wildman–Crippen MR) is 78.6 cm³/mol. The highest BCUT2D eigenvalue weighted by atomic mass is 35.5. The van der Waals surface area contributed by atoms with Crippen LogP contribution in [-0.2, 0) is 0 Å². The Bertz CT molecular complexity index is 557. The number of ether oxygens (including phenoxy) is 1. The summed E-state index contributed by atoms with van der Waals surface area (Å²) in [5.74, 6) is 0.526. The Kier molecular flexibility index (Phi) is 5.07. The maximum atomic E-state index is 11.8. The summed E-state index contributed by atoms with van der Waals surface area (Å²) in [6.07, 6.45) is 0. The SMILES string of the molecule is O=C(NCCOc1ccccc1)c1cc(Cl)sc1Cl. The van der Waals surface area contributed by atoms with Crippen LogP contribution in [0.5, 0.6) is 5.75 Å². The quantitative estimate of drug-likeness (QED) is 0.851. The zero-order chi connectivity index (χ0) is 13.7. The molecule has 2 aromatic rings. The standard InChI is InChI=1S/C13H11Cl2NO2S/c14-11-8-10(12(15)19-11)13(17)16-6-7-18-9-4-2-1-3-5-9/h1-5,8H,6-7H2,(H,16,17). The van der Waals surface area contributed by atoms with Crippen LogP contribution < -0.4 is 10.1 Å². The first-order chi connectivity index (χ1) is 9.16. The van der Waals surface area contributed by atoms with Crippen molar-refractivity contribution in [2.45, 2.75) is 0 Å². The Balaban J connectivity index is 1.77. The molecule has 0 spiro atoms. The summed E-state index contributed by atoms with van der Waals surface area (Å²) in [5, 5.41) is 2.72. The molecular formula is C13H11Cl2NO2S. The van der Waals surface area contributed by atoms with Crippen molar-refractivity contribution in [2.75, 3.05) is 13.2 Å². The average Bonchev–Trinajstić information content (AvgIpc) is 2.75. The first-order valence-electron chi connectivity index (χ1n) is 5.57. The van der Waals surface area contributed by atoms with E-state index < -0.39 is 0 Å². The number of halogens is 2. The number of thiophene rings is 1. The van der Waals surface area contributed by atoms with Crippen LogP contribution in [0.2, 0.25) is 8.67 Å². The van der Waals surface area contributed by atoms with E-state index in [9.17, 15) is 4.79 Å². The van der Waals surface area contributed by atoms with Crippen LogP contribution in [0.4, 0.5) is 0 Å². The lowest BCUT2D eigenvalue weighted by Gasteiger charge is -2.07. The normalized spacial score (nSPS) is 10.2. The molecular weight excluding hydrogens is 305 g/mol. The van der Waals surface area contributed by atoms with Gasteiger partial charge in [-0.05, 0) is 18.2 Å². The van der Waals surface area contributed by atoms with Crippen LogP contribution in [0.3, 0.4) is 0 Å². The van der Waals surface area contributed by atoms with Gasteiger partial charge in [0, 0.05) is 0 Å². The van der Waals surface area contributed by atoms with Gasteiger partial charge in [-0.1, -0.05) is 41.4 Å². The molecule has 0 aliphatic carbocycles. The maximum Gasteiger partial charge on any atom is 0.253 e. The Morgan fingerprint density at radius 1 is 1.26 bits per heavy atom. The number of hydrogen-bond acceptors (Lipinski definition) is 3. The van der Waals surface area contributed by atoms with Crippen LogP contribution in [0.1, 0.15) is 10.4 Å². The minimum Gasteiger partial charge on any atom is -0.492 e. The molecule has 1 aromatic heterocycles. The molecule has 100 valence electrons. The highest BCUT2D eigenvalue weighted by molar-refractivity contribution is 7.20. The van der Waals surface area contributed by atoms with Crippen LogP contribution >= 0.6 is 34.5 Å². The summed E-state index contributed by atoms with van der Waals surface area (Å²) in [6, 6.07) is 11.0. The topological polar surface area (TPSA) is 38.3 Å². The monoisotopic (exact) mass is 315 g/mol. The molecule has 1 amide bonds. The molecule has 1 N–H and O–H groups in total. The highest BCUT2D eigenvalue weighted by Gasteiger charge is 2.13. The maximum absolute atomic E-state index is 11.8. The van der Waals surface area contributed by atoms with E-state index in [1.165, 1.54) is 11.3 Å². The van der Waals surface area contributed by atoms with Crippen molar-refractivity contribution in [1.29, 1.82) is 0 Å². The van der Waals surface area contributed by atoms with Crippen molar-refractivity contribution in [3.63, 3.8) is 0 Å². The molecule has 0 saturated carbocycles. The van der Waals surface area contributed by atoms with Gasteiger partial charge in [0.15, 0.2) is 0 Å². The molecule has 0 radical (unpaired) electrons. The Morgan fingerprint density at radius 3 is 2.63 bits per heavy atom. The number of carbonyl (C=O) groups excluding carboxylic acids is 1. The van der Waals surface area contributed by atoms with Gasteiger partial charge in [-0.15, -0.1) is 11.3 Å². The first-order valence-corrected chi connectivity index (χ1v) is 7.15. The van der Waals surface area contributed by atoms with E-state index >= 15 is 0 Å². The largest absolute Gasteiger partial charge is 0.492 e. The van der Waals surface area contributed by atoms with Crippen molar-refractivity contribution >= 4 is 40.4 Å². The van der Waals surface area contributed by atoms with Crippen LogP contribution in [0.15, 0.2) is 36.4 Å². The number of amides is 1. The first kappa shape index (κ1) is 14.2. The highest BCUT2D eigenvalue weighted by Crippen LogP contribution is 2.30. The molecule has 0 atom stereocenters. The Hall–Kier alpha value is -1.23.